The molecule has 1 fully saturated rings. The molecule has 0 aliphatic carbocycles. The van der Waals surface area contributed by atoms with Crippen LogP contribution < -0.4 is 0 Å². The number of nitrogens with zero attached hydrogens (tertiary/aromatic N) is 6. The number of benzene rings is 2. The summed E-state index contributed by atoms with van der Waals surface area (Å²) in [5.41, 5.74) is 7.43. The van der Waals surface area contributed by atoms with Crippen molar-refractivity contribution in [1.29, 1.82) is 0 Å². The Morgan fingerprint density at radius 3 is 2.43 bits per heavy atom. The smallest absolute Gasteiger partial charge is 0.278 e. The van der Waals surface area contributed by atoms with Crippen molar-refractivity contribution in [3.63, 3.8) is 0 Å². The maximum atomic E-state index is 5.59. The van der Waals surface area contributed by atoms with Crippen LogP contribution in [0.1, 0.15) is 43.2 Å². The van der Waals surface area contributed by atoms with Crippen LogP contribution >= 0.6 is 0 Å². The number of likely N-dealkylation sites (N-methyl/N-ethyl adjacent to an activating group) is 1. The summed E-state index contributed by atoms with van der Waals surface area (Å²) in [6.07, 6.45) is 0. The van der Waals surface area contributed by atoms with Crippen LogP contribution in [0.5, 0.6) is 0 Å². The second-order valence-electron chi connectivity index (χ2n) is 11.0. The molecule has 0 bridgehead atoms. The molecule has 1 saturated heterocycles. The highest BCUT2D eigenvalue weighted by Crippen LogP contribution is 2.27. The molecule has 1 aliphatic heterocycles. The van der Waals surface area contributed by atoms with Crippen LogP contribution in [0, 0.1) is 6.92 Å². The zero-order valence-electron chi connectivity index (χ0n) is 22.5. The second kappa shape index (κ2) is 9.98. The highest BCUT2D eigenvalue weighted by Gasteiger charge is 2.19. The molecular formula is C30H36N6O. The number of hydrogen-bond donors (Lipinski definition) is 0. The Hall–Kier alpha value is -3.71. The summed E-state index contributed by atoms with van der Waals surface area (Å²) in [6, 6.07) is 18.9. The fourth-order valence-electron chi connectivity index (χ4n) is 4.62. The van der Waals surface area contributed by atoms with Gasteiger partial charge in [-0.2, -0.15) is 10.1 Å². The first-order valence-electron chi connectivity index (χ1n) is 12.9. The fourth-order valence-corrected chi connectivity index (χ4v) is 4.62. The monoisotopic (exact) mass is 496 g/mol. The summed E-state index contributed by atoms with van der Waals surface area (Å²) >= 11 is 0. The van der Waals surface area contributed by atoms with Gasteiger partial charge in [-0.3, -0.25) is 4.68 Å². The second-order valence-corrected chi connectivity index (χ2v) is 11.0. The Kier molecular flexibility index (Phi) is 6.73. The lowest BCUT2D eigenvalue weighted by molar-refractivity contribution is 0.207. The molecule has 1 aliphatic rings. The molecular weight excluding hydrogens is 460 g/mol. The van der Waals surface area contributed by atoms with E-state index in [1.165, 1.54) is 11.1 Å². The third kappa shape index (κ3) is 5.52. The Bertz CT molecular complexity index is 1380. The van der Waals surface area contributed by atoms with Crippen LogP contribution in [-0.2, 0) is 12.0 Å². The summed E-state index contributed by atoms with van der Waals surface area (Å²) in [5, 5.41) is 8.99. The van der Waals surface area contributed by atoms with Crippen molar-refractivity contribution >= 4 is 5.70 Å². The minimum Gasteiger partial charge on any atom is -0.369 e. The molecule has 2 aromatic carbocycles. The average Bonchev–Trinajstić information content (AvgIpc) is 3.51. The Morgan fingerprint density at radius 2 is 1.73 bits per heavy atom. The van der Waals surface area contributed by atoms with Gasteiger partial charge in [0.1, 0.15) is 0 Å². The standard InChI is InChI=1S/C30H36N6O/c1-21-18-27(29-31-28(33-37-29)24-10-12-26(13-11-24)30(3,4)5)32-36(21)20-23-8-7-9-25(19-23)22(2)35-16-14-34(6)15-17-35/h7-13,18-19H,2,14-17,20H2,1,3-6H3. The summed E-state index contributed by atoms with van der Waals surface area (Å²) < 4.78 is 7.57. The predicted octanol–water partition coefficient (Wildman–Crippen LogP) is 5.47. The van der Waals surface area contributed by atoms with Crippen molar-refractivity contribution in [3.8, 4) is 23.0 Å². The van der Waals surface area contributed by atoms with Crippen LogP contribution in [0.2, 0.25) is 0 Å². The van der Waals surface area contributed by atoms with Crippen molar-refractivity contribution in [2.24, 2.45) is 0 Å². The molecule has 7 heteroatoms. The minimum absolute atomic E-state index is 0.0998. The third-order valence-corrected chi connectivity index (χ3v) is 7.11. The summed E-state index contributed by atoms with van der Waals surface area (Å²) in [4.78, 5) is 9.35. The number of aromatic nitrogens is 4. The zero-order valence-corrected chi connectivity index (χ0v) is 22.5. The molecule has 0 N–H and O–H groups in total. The first-order valence-corrected chi connectivity index (χ1v) is 12.9. The topological polar surface area (TPSA) is 63.2 Å². The molecule has 4 aromatic rings. The highest BCUT2D eigenvalue weighted by molar-refractivity contribution is 5.63. The van der Waals surface area contributed by atoms with Gasteiger partial charge in [-0.05, 0) is 48.2 Å². The molecule has 2 aromatic heterocycles. The van der Waals surface area contributed by atoms with Gasteiger partial charge in [-0.1, -0.05) is 75.0 Å². The third-order valence-electron chi connectivity index (χ3n) is 7.11. The van der Waals surface area contributed by atoms with Gasteiger partial charge in [-0.15, -0.1) is 0 Å². The van der Waals surface area contributed by atoms with Crippen molar-refractivity contribution in [3.05, 3.63) is 83.6 Å². The van der Waals surface area contributed by atoms with Gasteiger partial charge in [0, 0.05) is 43.1 Å². The molecule has 37 heavy (non-hydrogen) atoms. The van der Waals surface area contributed by atoms with Gasteiger partial charge >= 0.3 is 0 Å². The normalized spacial score (nSPS) is 14.8. The van der Waals surface area contributed by atoms with Crippen molar-refractivity contribution in [1.82, 2.24) is 29.7 Å². The molecule has 0 radical (unpaired) electrons. The van der Waals surface area contributed by atoms with Crippen molar-refractivity contribution < 1.29 is 4.52 Å². The largest absolute Gasteiger partial charge is 0.369 e. The Balaban J connectivity index is 1.30. The lowest BCUT2D eigenvalue weighted by Crippen LogP contribution is -2.43. The van der Waals surface area contributed by atoms with Crippen LogP contribution in [0.4, 0.5) is 0 Å². The highest BCUT2D eigenvalue weighted by atomic mass is 16.5. The molecule has 0 amide bonds. The van der Waals surface area contributed by atoms with E-state index in [1.54, 1.807) is 0 Å². The molecule has 0 atom stereocenters. The number of rotatable bonds is 6. The van der Waals surface area contributed by atoms with Crippen LogP contribution in [0.3, 0.4) is 0 Å². The SMILES string of the molecule is C=C(c1cccc(Cn2nc(-c3nc(-c4ccc(C(C)(C)C)cc4)no3)cc2C)c1)N1CCN(C)CC1. The molecule has 5 rings (SSSR count). The van der Waals surface area contributed by atoms with E-state index in [1.807, 2.05) is 29.8 Å². The van der Waals surface area contributed by atoms with E-state index < -0.39 is 0 Å². The van der Waals surface area contributed by atoms with Gasteiger partial charge < -0.3 is 14.3 Å². The Labute approximate surface area is 219 Å². The number of aryl methyl sites for hydroxylation is 1. The summed E-state index contributed by atoms with van der Waals surface area (Å²) in [7, 11) is 2.17. The number of hydrogen-bond acceptors (Lipinski definition) is 6. The van der Waals surface area contributed by atoms with Gasteiger partial charge in [-0.25, -0.2) is 0 Å². The van der Waals surface area contributed by atoms with Gasteiger partial charge in [0.2, 0.25) is 5.82 Å². The van der Waals surface area contributed by atoms with Gasteiger partial charge in [0.05, 0.1) is 6.54 Å². The van der Waals surface area contributed by atoms with E-state index in [2.05, 4.69) is 90.7 Å². The Morgan fingerprint density at radius 1 is 1.00 bits per heavy atom. The summed E-state index contributed by atoms with van der Waals surface area (Å²) in [5.74, 6) is 0.992. The maximum Gasteiger partial charge on any atom is 0.278 e. The average molecular weight is 497 g/mol. The summed E-state index contributed by atoms with van der Waals surface area (Å²) in [6.45, 7) is 17.8. The van der Waals surface area contributed by atoms with Gasteiger partial charge in [0.15, 0.2) is 5.69 Å². The lowest BCUT2D eigenvalue weighted by atomic mass is 9.87. The van der Waals surface area contributed by atoms with Gasteiger partial charge in [0.25, 0.3) is 5.89 Å². The fraction of sp³-hybridized carbons (Fsp3) is 0.367. The number of piperazine rings is 1. The van der Waals surface area contributed by atoms with E-state index in [-0.39, 0.29) is 5.41 Å². The van der Waals surface area contributed by atoms with Crippen LogP contribution in [-0.4, -0.2) is 62.9 Å². The van der Waals surface area contributed by atoms with E-state index >= 15 is 0 Å². The predicted molar refractivity (Wildman–Crippen MR) is 148 cm³/mol. The van der Waals surface area contributed by atoms with Crippen LogP contribution in [0.25, 0.3) is 28.7 Å². The lowest BCUT2D eigenvalue weighted by Gasteiger charge is -2.35. The van der Waals surface area contributed by atoms with E-state index in [4.69, 9.17) is 9.62 Å². The molecule has 7 nitrogen and oxygen atoms in total. The van der Waals surface area contributed by atoms with E-state index in [9.17, 15) is 0 Å². The van der Waals surface area contributed by atoms with Crippen molar-refractivity contribution in [2.75, 3.05) is 33.2 Å². The van der Waals surface area contributed by atoms with Crippen LogP contribution in [0.15, 0.2) is 65.7 Å². The molecule has 0 saturated carbocycles. The molecule has 192 valence electrons. The van der Waals surface area contributed by atoms with E-state index in [0.29, 0.717) is 24.0 Å². The van der Waals surface area contributed by atoms with Crippen molar-refractivity contribution in [2.45, 2.75) is 39.7 Å². The quantitative estimate of drug-likeness (QED) is 0.353. The molecule has 0 unspecified atom stereocenters. The minimum atomic E-state index is 0.0998. The molecule has 0 spiro atoms. The first kappa shape index (κ1) is 25.0. The zero-order chi connectivity index (χ0) is 26.2. The maximum absolute atomic E-state index is 5.59. The molecule has 3 heterocycles. The van der Waals surface area contributed by atoms with E-state index in [0.717, 1.165) is 48.7 Å². The first-order chi connectivity index (χ1) is 17.7.